The zero-order chi connectivity index (χ0) is 34.5. The van der Waals surface area contributed by atoms with Crippen molar-refractivity contribution in [3.63, 3.8) is 0 Å². The van der Waals surface area contributed by atoms with Gasteiger partial charge in [0.15, 0.2) is 11.6 Å². The number of piperazine rings is 1. The molecule has 4 aromatic rings. The van der Waals surface area contributed by atoms with Gasteiger partial charge in [-0.1, -0.05) is 11.6 Å². The molecule has 0 saturated carbocycles. The molecule has 5 heterocycles. The molecule has 1 aromatic carbocycles. The van der Waals surface area contributed by atoms with Crippen LogP contribution in [0, 0.1) is 12.7 Å². The highest BCUT2D eigenvalue weighted by molar-refractivity contribution is 6.34. The fourth-order valence-corrected chi connectivity index (χ4v) is 6.65. The Hall–Kier alpha value is -4.35. The number of aryl methyl sites for hydroxylation is 1. The van der Waals surface area contributed by atoms with Gasteiger partial charge in [-0.05, 0) is 58.0 Å². The molecule has 2 atom stereocenters. The van der Waals surface area contributed by atoms with Crippen LogP contribution < -0.4 is 15.4 Å². The molecule has 3 N–H and O–H groups in total. The van der Waals surface area contributed by atoms with Gasteiger partial charge < -0.3 is 30.3 Å². The van der Waals surface area contributed by atoms with Gasteiger partial charge in [-0.25, -0.2) is 19.2 Å². The van der Waals surface area contributed by atoms with Gasteiger partial charge in [-0.3, -0.25) is 0 Å². The molecule has 0 bridgehead atoms. The number of ether oxygens (including phenoxy) is 1. The van der Waals surface area contributed by atoms with E-state index in [1.165, 1.54) is 24.2 Å². The standard InChI is InChI=1S/C30H33ClF4N10O3/c1-15-9-20(36)39-26(23(15)30(33,34)35)22-19(31)10-18-25(24(22)32)40-28(48-13-17-5-4-6-42(17)3)41-27(18)44-8-7-43(11-16(44)2)29(47)45-21(12-46)37-14-38-45/h9-10,14,16-17,46H,4-8,11-13H2,1-3H3,(H2,36,39)/t16-,17-/m0/s1. The molecule has 0 radical (unpaired) electrons. The lowest BCUT2D eigenvalue weighted by Gasteiger charge is -2.40. The molecule has 13 nitrogen and oxygen atoms in total. The zero-order valence-electron chi connectivity index (χ0n) is 26.3. The zero-order valence-corrected chi connectivity index (χ0v) is 27.1. The number of benzene rings is 1. The fraction of sp³-hybridized carbons (Fsp3) is 0.467. The lowest BCUT2D eigenvalue weighted by Crippen LogP contribution is -2.55. The van der Waals surface area contributed by atoms with Crippen molar-refractivity contribution < 1.29 is 32.2 Å². The number of alkyl halides is 3. The largest absolute Gasteiger partial charge is 0.462 e. The lowest BCUT2D eigenvalue weighted by molar-refractivity contribution is -0.137. The van der Waals surface area contributed by atoms with Crippen molar-refractivity contribution in [2.24, 2.45) is 0 Å². The number of fused-ring (bicyclic) bond motifs is 1. The van der Waals surface area contributed by atoms with Gasteiger partial charge in [0.05, 0.1) is 21.8 Å². The van der Waals surface area contributed by atoms with E-state index >= 15 is 4.39 Å². The Labute approximate surface area is 277 Å². The number of carbonyl (C=O) groups excluding carboxylic acids is 1. The number of hydrogen-bond donors (Lipinski definition) is 2. The Morgan fingerprint density at radius 3 is 2.62 bits per heavy atom. The van der Waals surface area contributed by atoms with Crippen molar-refractivity contribution in [3.05, 3.63) is 46.3 Å². The maximum atomic E-state index is 16.7. The van der Waals surface area contributed by atoms with E-state index in [0.717, 1.165) is 30.1 Å². The molecular formula is C30H33ClF4N10O3. The number of halogens is 5. The average molecular weight is 693 g/mol. The van der Waals surface area contributed by atoms with Crippen molar-refractivity contribution >= 4 is 40.2 Å². The van der Waals surface area contributed by atoms with E-state index in [-0.39, 0.29) is 77.2 Å². The van der Waals surface area contributed by atoms with E-state index in [9.17, 15) is 23.1 Å². The van der Waals surface area contributed by atoms with Gasteiger partial charge >= 0.3 is 18.2 Å². The number of aromatic nitrogens is 6. The number of aliphatic hydroxyl groups is 1. The Bertz CT molecular complexity index is 1870. The van der Waals surface area contributed by atoms with Gasteiger partial charge in [0.25, 0.3) is 0 Å². The lowest BCUT2D eigenvalue weighted by atomic mass is 9.99. The van der Waals surface area contributed by atoms with Gasteiger partial charge in [-0.2, -0.15) is 32.9 Å². The number of pyridine rings is 1. The van der Waals surface area contributed by atoms with Crippen LogP contribution in [0.5, 0.6) is 6.01 Å². The normalized spacial score (nSPS) is 19.0. The summed E-state index contributed by atoms with van der Waals surface area (Å²) in [5.74, 6) is -1.06. The summed E-state index contributed by atoms with van der Waals surface area (Å²) in [5.41, 5.74) is 2.74. The fourth-order valence-electron chi connectivity index (χ4n) is 6.37. The third kappa shape index (κ3) is 6.17. The molecule has 48 heavy (non-hydrogen) atoms. The van der Waals surface area contributed by atoms with Crippen LogP contribution in [-0.2, 0) is 12.8 Å². The smallest absolute Gasteiger partial charge is 0.418 e. The van der Waals surface area contributed by atoms with Gasteiger partial charge in [0.1, 0.15) is 36.7 Å². The highest BCUT2D eigenvalue weighted by Crippen LogP contribution is 2.44. The summed E-state index contributed by atoms with van der Waals surface area (Å²) in [6, 6.07) is 1.40. The number of rotatable bonds is 6. The first-order valence-corrected chi connectivity index (χ1v) is 15.6. The highest BCUT2D eigenvalue weighted by Gasteiger charge is 2.39. The first-order chi connectivity index (χ1) is 22.8. The van der Waals surface area contributed by atoms with Crippen LogP contribution in [0.3, 0.4) is 0 Å². The van der Waals surface area contributed by atoms with Gasteiger partial charge in [-0.15, -0.1) is 0 Å². The molecule has 2 aliphatic heterocycles. The summed E-state index contributed by atoms with van der Waals surface area (Å²) in [7, 11) is 1.96. The Morgan fingerprint density at radius 2 is 1.96 bits per heavy atom. The minimum absolute atomic E-state index is 0.0706. The summed E-state index contributed by atoms with van der Waals surface area (Å²) in [6.07, 6.45) is -1.86. The van der Waals surface area contributed by atoms with Crippen LogP contribution in [0.2, 0.25) is 5.02 Å². The number of carbonyl (C=O) groups is 1. The number of nitrogen functional groups attached to an aromatic ring is 1. The van der Waals surface area contributed by atoms with Crippen molar-refractivity contribution in [2.45, 2.75) is 51.6 Å². The summed E-state index contributed by atoms with van der Waals surface area (Å²) in [5, 5.41) is 13.2. The van der Waals surface area contributed by atoms with Crippen LogP contribution in [0.4, 0.5) is 34.0 Å². The SMILES string of the molecule is Cc1cc(N)nc(-c2c(Cl)cc3c(N4CCN(C(=O)n5ncnc5CO)C[C@@H]4C)nc(OC[C@@H]4CCCN4C)nc3c2F)c1C(F)(F)F. The molecule has 2 fully saturated rings. The minimum Gasteiger partial charge on any atom is -0.462 e. The second-order valence-corrected chi connectivity index (χ2v) is 12.4. The highest BCUT2D eigenvalue weighted by atomic mass is 35.5. The van der Waals surface area contributed by atoms with E-state index < -0.39 is 47.5 Å². The van der Waals surface area contributed by atoms with Gasteiger partial charge in [0, 0.05) is 37.1 Å². The monoisotopic (exact) mass is 692 g/mol. The molecule has 256 valence electrons. The first-order valence-electron chi connectivity index (χ1n) is 15.2. The maximum absolute atomic E-state index is 16.7. The molecule has 18 heteroatoms. The van der Waals surface area contributed by atoms with E-state index in [4.69, 9.17) is 22.1 Å². The molecule has 0 spiro atoms. The number of nitrogens with two attached hydrogens (primary N) is 1. The second-order valence-electron chi connectivity index (χ2n) is 12.0. The first kappa shape index (κ1) is 33.5. The van der Waals surface area contributed by atoms with Crippen molar-refractivity contribution in [1.82, 2.24) is 39.5 Å². The summed E-state index contributed by atoms with van der Waals surface area (Å²) in [4.78, 5) is 35.4. The Morgan fingerprint density at radius 1 is 1.19 bits per heavy atom. The number of likely N-dealkylation sites (N-methyl/N-ethyl adjacent to an activating group) is 1. The van der Waals surface area contributed by atoms with Crippen molar-refractivity contribution in [2.75, 3.05) is 50.5 Å². The predicted octanol–water partition coefficient (Wildman–Crippen LogP) is 4.13. The van der Waals surface area contributed by atoms with Crippen LogP contribution >= 0.6 is 11.6 Å². The second kappa shape index (κ2) is 12.9. The number of nitrogens with zero attached hydrogens (tertiary/aromatic N) is 9. The maximum Gasteiger partial charge on any atom is 0.418 e. The molecule has 3 aromatic heterocycles. The number of amides is 1. The van der Waals surface area contributed by atoms with Crippen LogP contribution in [0.15, 0.2) is 18.5 Å². The molecule has 2 aliphatic rings. The van der Waals surface area contributed by atoms with E-state index in [1.807, 2.05) is 18.9 Å². The molecule has 0 unspecified atom stereocenters. The van der Waals surface area contributed by atoms with E-state index in [1.54, 1.807) is 0 Å². The number of aliphatic hydroxyl groups excluding tert-OH is 1. The predicted molar refractivity (Wildman–Crippen MR) is 168 cm³/mol. The summed E-state index contributed by atoms with van der Waals surface area (Å²) in [6.45, 7) is 4.27. The molecule has 2 saturated heterocycles. The minimum atomic E-state index is -4.89. The number of likely N-dealkylation sites (tertiary alicyclic amines) is 1. The molecule has 1 amide bonds. The quantitative estimate of drug-likeness (QED) is 0.281. The van der Waals surface area contributed by atoms with E-state index in [2.05, 4.69) is 29.9 Å². The summed E-state index contributed by atoms with van der Waals surface area (Å²) >= 11 is 6.58. The van der Waals surface area contributed by atoms with Crippen LogP contribution in [0.25, 0.3) is 22.2 Å². The Balaban J connectivity index is 1.44. The van der Waals surface area contributed by atoms with Crippen LogP contribution in [-0.4, -0.2) is 103 Å². The molecule has 6 rings (SSSR count). The molecule has 0 aliphatic carbocycles. The average Bonchev–Trinajstić information content (AvgIpc) is 3.67. The number of hydrogen-bond acceptors (Lipinski definition) is 11. The van der Waals surface area contributed by atoms with Crippen molar-refractivity contribution in [3.8, 4) is 17.3 Å². The van der Waals surface area contributed by atoms with Crippen LogP contribution in [0.1, 0.15) is 36.7 Å². The third-order valence-electron chi connectivity index (χ3n) is 8.79. The Kier molecular flexibility index (Phi) is 9.04. The van der Waals surface area contributed by atoms with E-state index in [0.29, 0.717) is 0 Å². The topological polar surface area (TPSA) is 152 Å². The third-order valence-corrected chi connectivity index (χ3v) is 9.08. The molecular weight excluding hydrogens is 660 g/mol. The summed E-state index contributed by atoms with van der Waals surface area (Å²) < 4.78 is 66.5. The van der Waals surface area contributed by atoms with Gasteiger partial charge in [0.2, 0.25) is 0 Å². The van der Waals surface area contributed by atoms with Crippen molar-refractivity contribution in [1.29, 1.82) is 0 Å². The number of anilines is 2.